The predicted molar refractivity (Wildman–Crippen MR) is 105 cm³/mol. The molecule has 0 saturated heterocycles. The van der Waals surface area contributed by atoms with Crippen LogP contribution in [0.25, 0.3) is 0 Å². The molecule has 1 heterocycles. The number of pyridine rings is 1. The van der Waals surface area contributed by atoms with E-state index in [9.17, 15) is 4.79 Å². The zero-order valence-corrected chi connectivity index (χ0v) is 16.4. The first-order chi connectivity index (χ1) is 12.1. The SMILES string of the molecule is CCN(c1ccc(C(C)C)c(OC(C)(C)C)c1)c1ccc(C(=O)O)cn1. The van der Waals surface area contributed by atoms with Crippen LogP contribution in [0.1, 0.15) is 63.4 Å². The van der Waals surface area contributed by atoms with Crippen LogP contribution in [0.2, 0.25) is 0 Å². The number of ether oxygens (including phenoxy) is 1. The van der Waals surface area contributed by atoms with E-state index >= 15 is 0 Å². The monoisotopic (exact) mass is 356 g/mol. The van der Waals surface area contributed by atoms with Crippen LogP contribution in [0.15, 0.2) is 36.5 Å². The highest BCUT2D eigenvalue weighted by molar-refractivity contribution is 5.87. The fourth-order valence-corrected chi connectivity index (χ4v) is 2.74. The third-order valence-corrected chi connectivity index (χ3v) is 3.93. The van der Waals surface area contributed by atoms with Crippen molar-refractivity contribution >= 4 is 17.5 Å². The number of hydrogen-bond donors (Lipinski definition) is 1. The van der Waals surface area contributed by atoms with Gasteiger partial charge in [0, 0.05) is 24.5 Å². The Balaban J connectivity index is 2.43. The molecule has 1 aromatic heterocycles. The van der Waals surface area contributed by atoms with Crippen LogP contribution < -0.4 is 9.64 Å². The lowest BCUT2D eigenvalue weighted by molar-refractivity contribution is 0.0696. The van der Waals surface area contributed by atoms with Crippen LogP contribution in [0, 0.1) is 0 Å². The molecule has 0 aliphatic heterocycles. The van der Waals surface area contributed by atoms with Crippen molar-refractivity contribution in [2.75, 3.05) is 11.4 Å². The van der Waals surface area contributed by atoms with E-state index in [0.717, 1.165) is 17.0 Å². The summed E-state index contributed by atoms with van der Waals surface area (Å²) in [7, 11) is 0. The number of hydrogen-bond acceptors (Lipinski definition) is 4. The number of benzene rings is 1. The summed E-state index contributed by atoms with van der Waals surface area (Å²) >= 11 is 0. The van der Waals surface area contributed by atoms with Gasteiger partial charge >= 0.3 is 5.97 Å². The lowest BCUT2D eigenvalue weighted by Crippen LogP contribution is -2.24. The zero-order valence-electron chi connectivity index (χ0n) is 16.4. The molecule has 0 aliphatic carbocycles. The molecule has 0 atom stereocenters. The second kappa shape index (κ2) is 7.77. The molecule has 0 fully saturated rings. The molecule has 1 N–H and O–H groups in total. The highest BCUT2D eigenvalue weighted by Crippen LogP contribution is 2.35. The average molecular weight is 356 g/mol. The van der Waals surface area contributed by atoms with Gasteiger partial charge in [0.2, 0.25) is 0 Å². The van der Waals surface area contributed by atoms with Gasteiger partial charge in [0.25, 0.3) is 0 Å². The van der Waals surface area contributed by atoms with Gasteiger partial charge in [0.05, 0.1) is 5.56 Å². The van der Waals surface area contributed by atoms with Crippen LogP contribution in [0.5, 0.6) is 5.75 Å². The van der Waals surface area contributed by atoms with Crippen molar-refractivity contribution in [3.63, 3.8) is 0 Å². The Morgan fingerprint density at radius 2 is 1.92 bits per heavy atom. The molecule has 26 heavy (non-hydrogen) atoms. The molecule has 0 unspecified atom stereocenters. The molecule has 0 saturated carbocycles. The summed E-state index contributed by atoms with van der Waals surface area (Å²) in [5.74, 6) is 0.945. The molecule has 5 nitrogen and oxygen atoms in total. The summed E-state index contributed by atoms with van der Waals surface area (Å²) in [4.78, 5) is 17.4. The van der Waals surface area contributed by atoms with E-state index in [4.69, 9.17) is 9.84 Å². The maximum Gasteiger partial charge on any atom is 0.337 e. The molecule has 2 aromatic rings. The molecule has 0 amide bonds. The van der Waals surface area contributed by atoms with Gasteiger partial charge < -0.3 is 14.7 Å². The van der Waals surface area contributed by atoms with E-state index in [-0.39, 0.29) is 11.2 Å². The highest BCUT2D eigenvalue weighted by Gasteiger charge is 2.19. The quantitative estimate of drug-likeness (QED) is 0.767. The molecule has 0 spiro atoms. The zero-order chi connectivity index (χ0) is 19.5. The predicted octanol–water partition coefficient (Wildman–Crippen LogP) is 5.24. The summed E-state index contributed by atoms with van der Waals surface area (Å²) < 4.78 is 6.19. The molecule has 0 bridgehead atoms. The van der Waals surface area contributed by atoms with Gasteiger partial charge in [0.15, 0.2) is 0 Å². The minimum atomic E-state index is -0.978. The van der Waals surface area contributed by atoms with Crippen LogP contribution in [0.3, 0.4) is 0 Å². The number of rotatable bonds is 6. The van der Waals surface area contributed by atoms with Crippen LogP contribution >= 0.6 is 0 Å². The van der Waals surface area contributed by atoms with Crippen molar-refractivity contribution in [1.82, 2.24) is 4.98 Å². The maximum absolute atomic E-state index is 11.0. The second-order valence-electron chi connectivity index (χ2n) is 7.55. The summed E-state index contributed by atoms with van der Waals surface area (Å²) in [6, 6.07) is 9.49. The third kappa shape index (κ3) is 4.75. The maximum atomic E-state index is 11.0. The van der Waals surface area contributed by atoms with E-state index in [0.29, 0.717) is 18.3 Å². The molecule has 140 valence electrons. The standard InChI is InChI=1S/C21H28N2O3/c1-7-23(19-11-8-15(13-22-19)20(24)25)16-9-10-17(14(2)3)18(12-16)26-21(4,5)6/h8-14H,7H2,1-6H3,(H,24,25). The largest absolute Gasteiger partial charge is 0.488 e. The normalized spacial score (nSPS) is 11.5. The number of nitrogens with zero attached hydrogens (tertiary/aromatic N) is 2. The molecule has 0 radical (unpaired) electrons. The first kappa shape index (κ1) is 19.8. The molecular formula is C21H28N2O3. The minimum Gasteiger partial charge on any atom is -0.488 e. The van der Waals surface area contributed by atoms with Crippen LogP contribution in [-0.2, 0) is 0 Å². The lowest BCUT2D eigenvalue weighted by atomic mass is 10.0. The molecule has 5 heteroatoms. The van der Waals surface area contributed by atoms with Gasteiger partial charge in [-0.25, -0.2) is 9.78 Å². The van der Waals surface area contributed by atoms with E-state index in [1.54, 1.807) is 12.1 Å². The van der Waals surface area contributed by atoms with E-state index in [1.807, 2.05) is 38.7 Å². The van der Waals surface area contributed by atoms with Crippen LogP contribution in [-0.4, -0.2) is 28.2 Å². The van der Waals surface area contributed by atoms with Gasteiger partial charge in [-0.1, -0.05) is 19.9 Å². The van der Waals surface area contributed by atoms with Gasteiger partial charge in [-0.05, 0) is 57.4 Å². The Kier molecular flexibility index (Phi) is 5.90. The number of aromatic nitrogens is 1. The van der Waals surface area contributed by atoms with Crippen molar-refractivity contribution in [1.29, 1.82) is 0 Å². The van der Waals surface area contributed by atoms with Crippen molar-refractivity contribution in [2.24, 2.45) is 0 Å². The lowest BCUT2D eigenvalue weighted by Gasteiger charge is -2.27. The van der Waals surface area contributed by atoms with E-state index in [1.165, 1.54) is 6.20 Å². The number of carboxylic acids is 1. The number of aromatic carboxylic acids is 1. The van der Waals surface area contributed by atoms with E-state index < -0.39 is 5.97 Å². The Hall–Kier alpha value is -2.56. The van der Waals surface area contributed by atoms with Gasteiger partial charge in [-0.15, -0.1) is 0 Å². The Bertz CT molecular complexity index is 762. The van der Waals surface area contributed by atoms with E-state index in [2.05, 4.69) is 31.0 Å². The van der Waals surface area contributed by atoms with Crippen molar-refractivity contribution in [3.8, 4) is 5.75 Å². The van der Waals surface area contributed by atoms with Gasteiger partial charge in [0.1, 0.15) is 17.2 Å². The Labute approximate surface area is 155 Å². The fraction of sp³-hybridized carbons (Fsp3) is 0.429. The van der Waals surface area contributed by atoms with Gasteiger partial charge in [-0.3, -0.25) is 0 Å². The number of carboxylic acid groups (broad SMARTS) is 1. The molecule has 1 aromatic carbocycles. The molecule has 0 aliphatic rings. The molecule has 2 rings (SSSR count). The second-order valence-corrected chi connectivity index (χ2v) is 7.55. The topological polar surface area (TPSA) is 62.7 Å². The number of carbonyl (C=O) groups is 1. The minimum absolute atomic E-state index is 0.178. The average Bonchev–Trinajstić information content (AvgIpc) is 2.54. The fourth-order valence-electron chi connectivity index (χ4n) is 2.74. The summed E-state index contributed by atoms with van der Waals surface area (Å²) in [6.07, 6.45) is 1.38. The number of anilines is 2. The van der Waals surface area contributed by atoms with Gasteiger partial charge in [-0.2, -0.15) is 0 Å². The Morgan fingerprint density at radius 3 is 2.38 bits per heavy atom. The van der Waals surface area contributed by atoms with Crippen molar-refractivity contribution < 1.29 is 14.6 Å². The van der Waals surface area contributed by atoms with Crippen LogP contribution in [0.4, 0.5) is 11.5 Å². The highest BCUT2D eigenvalue weighted by atomic mass is 16.5. The first-order valence-electron chi connectivity index (χ1n) is 8.92. The summed E-state index contributed by atoms with van der Waals surface area (Å²) in [5.41, 5.74) is 2.01. The summed E-state index contributed by atoms with van der Waals surface area (Å²) in [5, 5.41) is 9.05. The molecular weight excluding hydrogens is 328 g/mol. The van der Waals surface area contributed by atoms with Crippen molar-refractivity contribution in [2.45, 2.75) is 53.1 Å². The first-order valence-corrected chi connectivity index (χ1v) is 8.92. The Morgan fingerprint density at radius 1 is 1.23 bits per heavy atom. The summed E-state index contributed by atoms with van der Waals surface area (Å²) in [6.45, 7) is 13.1. The third-order valence-electron chi connectivity index (χ3n) is 3.93. The smallest absolute Gasteiger partial charge is 0.337 e. The van der Waals surface area contributed by atoms with Crippen molar-refractivity contribution in [3.05, 3.63) is 47.7 Å².